The number of hydrogen-bond donors (Lipinski definition) is 1. The van der Waals surface area contributed by atoms with E-state index in [2.05, 4.69) is 28.5 Å². The van der Waals surface area contributed by atoms with Gasteiger partial charge in [-0.2, -0.15) is 0 Å². The number of benzene rings is 1. The Morgan fingerprint density at radius 2 is 2.14 bits per heavy atom. The van der Waals surface area contributed by atoms with Gasteiger partial charge in [0.05, 0.1) is 25.1 Å². The van der Waals surface area contributed by atoms with Crippen LogP contribution in [0.4, 0.5) is 10.5 Å². The second-order valence-electron chi connectivity index (χ2n) is 7.14. The van der Waals surface area contributed by atoms with Crippen molar-refractivity contribution < 1.29 is 14.3 Å². The first-order valence-electron chi connectivity index (χ1n) is 9.76. The number of carbonyl (C=O) groups is 1. The number of anilines is 1. The molecule has 6 nitrogen and oxygen atoms in total. The summed E-state index contributed by atoms with van der Waals surface area (Å²) >= 11 is 0. The molecule has 2 aliphatic heterocycles. The van der Waals surface area contributed by atoms with Crippen LogP contribution in [0, 0.1) is 0 Å². The van der Waals surface area contributed by atoms with Gasteiger partial charge in [-0.1, -0.05) is 23.8 Å². The van der Waals surface area contributed by atoms with E-state index in [0.29, 0.717) is 19.7 Å². The van der Waals surface area contributed by atoms with Crippen LogP contribution in [0.3, 0.4) is 0 Å². The molecule has 28 heavy (non-hydrogen) atoms. The molecule has 2 saturated heterocycles. The molecule has 0 spiro atoms. The number of amides is 2. The molecule has 0 aliphatic carbocycles. The van der Waals surface area contributed by atoms with Gasteiger partial charge in [0.2, 0.25) is 0 Å². The molecule has 1 N–H and O–H groups in total. The second-order valence-corrected chi connectivity index (χ2v) is 7.14. The molecule has 1 atom stereocenters. The molecule has 1 aromatic heterocycles. The van der Waals surface area contributed by atoms with E-state index in [9.17, 15) is 4.79 Å². The van der Waals surface area contributed by atoms with Crippen molar-refractivity contribution in [2.45, 2.75) is 25.4 Å². The third-order valence-electron chi connectivity index (χ3n) is 5.03. The molecule has 0 bridgehead atoms. The Bertz CT molecular complexity index is 822. The Balaban J connectivity index is 1.32. The van der Waals surface area contributed by atoms with Crippen LogP contribution in [0.25, 0.3) is 6.08 Å². The number of nitrogens with one attached hydrogen (secondary N) is 1. The van der Waals surface area contributed by atoms with Crippen LogP contribution in [-0.4, -0.2) is 48.3 Å². The molecule has 4 rings (SSSR count). The maximum absolute atomic E-state index is 12.4. The summed E-state index contributed by atoms with van der Waals surface area (Å²) in [4.78, 5) is 18.3. The first-order valence-corrected chi connectivity index (χ1v) is 9.76. The molecule has 3 heterocycles. The number of piperidine rings is 1. The number of pyridine rings is 1. The molecular weight excluding hydrogens is 354 g/mol. The van der Waals surface area contributed by atoms with Gasteiger partial charge in [0, 0.05) is 25.7 Å². The van der Waals surface area contributed by atoms with E-state index in [1.807, 2.05) is 29.2 Å². The van der Waals surface area contributed by atoms with Crippen LogP contribution < -0.4 is 10.1 Å². The molecule has 2 amide bonds. The number of aromatic nitrogens is 1. The summed E-state index contributed by atoms with van der Waals surface area (Å²) in [6, 6.07) is 11.8. The molecule has 0 saturated carbocycles. The van der Waals surface area contributed by atoms with Gasteiger partial charge in [-0.05, 0) is 42.7 Å². The predicted molar refractivity (Wildman–Crippen MR) is 108 cm³/mol. The largest absolute Gasteiger partial charge is 0.488 e. The quantitative estimate of drug-likeness (QED) is 0.873. The van der Waals surface area contributed by atoms with E-state index in [0.717, 1.165) is 42.9 Å². The monoisotopic (exact) mass is 379 g/mol. The number of rotatable bonds is 4. The van der Waals surface area contributed by atoms with Crippen molar-refractivity contribution in [2.24, 2.45) is 0 Å². The van der Waals surface area contributed by atoms with E-state index in [-0.39, 0.29) is 12.1 Å². The summed E-state index contributed by atoms with van der Waals surface area (Å²) in [5, 5.41) is 2.90. The van der Waals surface area contributed by atoms with Gasteiger partial charge >= 0.3 is 6.03 Å². The van der Waals surface area contributed by atoms with Crippen LogP contribution in [0.5, 0.6) is 5.75 Å². The lowest BCUT2D eigenvalue weighted by atomic mass is 10.0. The SMILES string of the molecule is O=C(Nc1cccnc1)N1CCC(=Cc2cccc(OC3CCOC3)c2)CC1. The zero-order chi connectivity index (χ0) is 19.2. The second kappa shape index (κ2) is 8.89. The zero-order valence-corrected chi connectivity index (χ0v) is 15.8. The number of nitrogens with zero attached hydrogens (tertiary/aromatic N) is 2. The number of carbonyl (C=O) groups excluding carboxylic acids is 1. The van der Waals surface area contributed by atoms with Crippen LogP contribution in [0.1, 0.15) is 24.8 Å². The summed E-state index contributed by atoms with van der Waals surface area (Å²) in [6.07, 6.45) is 8.42. The van der Waals surface area contributed by atoms with Gasteiger partial charge in [-0.3, -0.25) is 4.98 Å². The lowest BCUT2D eigenvalue weighted by molar-refractivity contribution is 0.141. The normalized spacial score (nSPS) is 19.4. The van der Waals surface area contributed by atoms with Crippen molar-refractivity contribution in [1.29, 1.82) is 0 Å². The van der Waals surface area contributed by atoms with Gasteiger partial charge in [0.15, 0.2) is 0 Å². The van der Waals surface area contributed by atoms with Crippen molar-refractivity contribution in [1.82, 2.24) is 9.88 Å². The van der Waals surface area contributed by atoms with Gasteiger partial charge in [-0.15, -0.1) is 0 Å². The smallest absolute Gasteiger partial charge is 0.321 e. The lowest BCUT2D eigenvalue weighted by Gasteiger charge is -2.28. The minimum absolute atomic E-state index is 0.0683. The highest BCUT2D eigenvalue weighted by Gasteiger charge is 2.19. The third-order valence-corrected chi connectivity index (χ3v) is 5.03. The maximum atomic E-state index is 12.4. The van der Waals surface area contributed by atoms with Crippen molar-refractivity contribution in [2.75, 3.05) is 31.6 Å². The van der Waals surface area contributed by atoms with Gasteiger partial charge in [0.1, 0.15) is 11.9 Å². The molecule has 2 fully saturated rings. The molecule has 2 aromatic rings. The fraction of sp³-hybridized carbons (Fsp3) is 0.364. The molecular formula is C22H25N3O3. The van der Waals surface area contributed by atoms with Gasteiger partial charge in [0.25, 0.3) is 0 Å². The standard InChI is InChI=1S/C22H25N3O3/c26-22(24-19-4-2-9-23-15-19)25-10-6-17(7-11-25)13-18-3-1-5-20(14-18)28-21-8-12-27-16-21/h1-5,9,13-15,21H,6-8,10-12,16H2,(H,24,26). The van der Waals surface area contributed by atoms with Gasteiger partial charge < -0.3 is 19.7 Å². The maximum Gasteiger partial charge on any atom is 0.321 e. The van der Waals surface area contributed by atoms with Crippen molar-refractivity contribution in [3.05, 3.63) is 59.9 Å². The lowest BCUT2D eigenvalue weighted by Crippen LogP contribution is -2.39. The molecule has 1 unspecified atom stereocenters. The van der Waals surface area contributed by atoms with Gasteiger partial charge in [-0.25, -0.2) is 4.79 Å². The average Bonchev–Trinajstić information content (AvgIpc) is 3.23. The Kier molecular flexibility index (Phi) is 5.87. The number of urea groups is 1. The Morgan fingerprint density at radius 1 is 1.25 bits per heavy atom. The highest BCUT2D eigenvalue weighted by molar-refractivity contribution is 5.89. The van der Waals surface area contributed by atoms with E-state index in [1.165, 1.54) is 5.57 Å². The number of ether oxygens (including phenoxy) is 2. The molecule has 6 heteroatoms. The third kappa shape index (κ3) is 4.89. The first kappa shape index (κ1) is 18.5. The summed E-state index contributed by atoms with van der Waals surface area (Å²) < 4.78 is 11.4. The van der Waals surface area contributed by atoms with E-state index >= 15 is 0 Å². The predicted octanol–water partition coefficient (Wildman–Crippen LogP) is 3.96. The van der Waals surface area contributed by atoms with E-state index in [1.54, 1.807) is 12.4 Å². The molecule has 0 radical (unpaired) electrons. The van der Waals surface area contributed by atoms with Crippen LogP contribution in [0.15, 0.2) is 54.4 Å². The zero-order valence-electron chi connectivity index (χ0n) is 15.8. The first-order chi connectivity index (χ1) is 13.8. The number of hydrogen-bond acceptors (Lipinski definition) is 4. The van der Waals surface area contributed by atoms with Crippen molar-refractivity contribution >= 4 is 17.8 Å². The van der Waals surface area contributed by atoms with Crippen LogP contribution in [0.2, 0.25) is 0 Å². The summed E-state index contributed by atoms with van der Waals surface area (Å²) in [6.45, 7) is 2.88. The minimum Gasteiger partial charge on any atom is -0.488 e. The minimum atomic E-state index is -0.0683. The fourth-order valence-corrected chi connectivity index (χ4v) is 3.49. The highest BCUT2D eigenvalue weighted by atomic mass is 16.5. The molecule has 1 aromatic carbocycles. The molecule has 146 valence electrons. The highest BCUT2D eigenvalue weighted by Crippen LogP contribution is 2.23. The Morgan fingerprint density at radius 3 is 2.89 bits per heavy atom. The topological polar surface area (TPSA) is 63.7 Å². The van der Waals surface area contributed by atoms with E-state index in [4.69, 9.17) is 9.47 Å². The number of likely N-dealkylation sites (tertiary alicyclic amines) is 1. The summed E-state index contributed by atoms with van der Waals surface area (Å²) in [5.41, 5.74) is 3.21. The molecule has 2 aliphatic rings. The average molecular weight is 379 g/mol. The fourth-order valence-electron chi connectivity index (χ4n) is 3.49. The Hall–Kier alpha value is -2.86. The summed E-state index contributed by atoms with van der Waals surface area (Å²) in [7, 11) is 0. The Labute approximate surface area is 165 Å². The summed E-state index contributed by atoms with van der Waals surface area (Å²) in [5.74, 6) is 0.887. The van der Waals surface area contributed by atoms with Crippen molar-refractivity contribution in [3.8, 4) is 5.75 Å². The van der Waals surface area contributed by atoms with Crippen LogP contribution >= 0.6 is 0 Å². The van der Waals surface area contributed by atoms with Crippen molar-refractivity contribution in [3.63, 3.8) is 0 Å². The van der Waals surface area contributed by atoms with E-state index < -0.39 is 0 Å². The van der Waals surface area contributed by atoms with Crippen LogP contribution in [-0.2, 0) is 4.74 Å².